The molecular formula is C9H8Cl6O4. The average Bonchev–Trinajstić information content (AvgIpc) is 2.24. The Morgan fingerprint density at radius 2 is 1.47 bits per heavy atom. The van der Waals surface area contributed by atoms with Gasteiger partial charge in [0.05, 0.1) is 5.38 Å². The third-order valence-electron chi connectivity index (χ3n) is 2.24. The molecule has 0 aliphatic heterocycles. The fraction of sp³-hybridized carbons (Fsp3) is 0.556. The summed E-state index contributed by atoms with van der Waals surface area (Å²) < 4.78 is -2.73. The van der Waals surface area contributed by atoms with Crippen LogP contribution in [0.3, 0.4) is 0 Å². The molecular weight excluding hydrogens is 385 g/mol. The maximum Gasteiger partial charge on any atom is 0.331 e. The van der Waals surface area contributed by atoms with Crippen molar-refractivity contribution in [2.75, 3.05) is 0 Å². The quantitative estimate of drug-likeness (QED) is 0.553. The van der Waals surface area contributed by atoms with Gasteiger partial charge in [-0.2, -0.15) is 0 Å². The Labute approximate surface area is 139 Å². The number of carboxylic acids is 2. The van der Waals surface area contributed by atoms with Gasteiger partial charge < -0.3 is 10.2 Å². The number of allylic oxidation sites excluding steroid dienone is 2. The third kappa shape index (κ3) is 3.20. The Balaban J connectivity index is 6.26. The number of hydrogen-bond acceptors (Lipinski definition) is 2. The summed E-state index contributed by atoms with van der Waals surface area (Å²) in [6.45, 7) is 1.51. The second-order valence-electron chi connectivity index (χ2n) is 3.41. The zero-order valence-electron chi connectivity index (χ0n) is 9.21. The number of carbonyl (C=O) groups is 2. The largest absolute Gasteiger partial charge is 0.480 e. The molecule has 0 aromatic carbocycles. The zero-order chi connectivity index (χ0) is 15.6. The van der Waals surface area contributed by atoms with Gasteiger partial charge in [-0.05, 0) is 6.92 Å². The van der Waals surface area contributed by atoms with Gasteiger partial charge in [0.2, 0.25) is 8.67 Å². The normalized spacial score (nSPS) is 20.6. The van der Waals surface area contributed by atoms with E-state index in [0.29, 0.717) is 0 Å². The highest BCUT2D eigenvalue weighted by Gasteiger charge is 2.72. The smallest absolute Gasteiger partial charge is 0.331 e. The molecule has 0 bridgehead atoms. The summed E-state index contributed by atoms with van der Waals surface area (Å²) in [6.07, 6.45) is 2.48. The van der Waals surface area contributed by atoms with Crippen LogP contribution in [0.4, 0.5) is 0 Å². The predicted octanol–water partition coefficient (Wildman–Crippen LogP) is 3.66. The number of carboxylic acid groups (broad SMARTS) is 2. The summed E-state index contributed by atoms with van der Waals surface area (Å²) in [5.41, 5.74) is 0. The molecule has 10 heteroatoms. The highest BCUT2D eigenvalue weighted by atomic mass is 35.6. The van der Waals surface area contributed by atoms with Crippen LogP contribution in [0.2, 0.25) is 0 Å². The van der Waals surface area contributed by atoms with E-state index in [4.69, 9.17) is 74.7 Å². The van der Waals surface area contributed by atoms with Crippen LogP contribution in [0.25, 0.3) is 0 Å². The number of rotatable bonds is 5. The van der Waals surface area contributed by atoms with E-state index in [-0.39, 0.29) is 0 Å². The van der Waals surface area contributed by atoms with Gasteiger partial charge in [-0.1, -0.05) is 58.6 Å². The lowest BCUT2D eigenvalue weighted by atomic mass is 9.87. The number of halogens is 6. The van der Waals surface area contributed by atoms with Crippen molar-refractivity contribution in [2.45, 2.75) is 25.8 Å². The molecule has 0 radical (unpaired) electrons. The molecule has 2 N–H and O–H groups in total. The Morgan fingerprint density at radius 3 is 1.68 bits per heavy atom. The third-order valence-corrected chi connectivity index (χ3v) is 5.48. The average molecular weight is 393 g/mol. The second kappa shape index (κ2) is 6.46. The Hall–Kier alpha value is 0.420. The maximum atomic E-state index is 11.4. The molecule has 0 fully saturated rings. The van der Waals surface area contributed by atoms with Crippen LogP contribution >= 0.6 is 69.6 Å². The van der Waals surface area contributed by atoms with Crippen molar-refractivity contribution < 1.29 is 19.8 Å². The minimum Gasteiger partial charge on any atom is -0.480 e. The molecule has 0 aromatic heterocycles. The molecule has 19 heavy (non-hydrogen) atoms. The van der Waals surface area contributed by atoms with Crippen LogP contribution in [-0.4, -0.2) is 41.1 Å². The molecule has 0 rings (SSSR count). The lowest BCUT2D eigenvalue weighted by Gasteiger charge is -2.41. The highest BCUT2D eigenvalue weighted by molar-refractivity contribution is 6.74. The molecule has 4 nitrogen and oxygen atoms in total. The maximum absolute atomic E-state index is 11.4. The first-order chi connectivity index (χ1) is 8.37. The zero-order valence-corrected chi connectivity index (χ0v) is 13.7. The van der Waals surface area contributed by atoms with Crippen molar-refractivity contribution in [3.63, 3.8) is 0 Å². The lowest BCUT2D eigenvalue weighted by molar-refractivity contribution is -0.149. The lowest BCUT2D eigenvalue weighted by Crippen LogP contribution is -2.67. The van der Waals surface area contributed by atoms with E-state index in [2.05, 4.69) is 0 Å². The second-order valence-corrected chi connectivity index (χ2v) is 7.32. The fourth-order valence-electron chi connectivity index (χ4n) is 1.24. The van der Waals surface area contributed by atoms with Gasteiger partial charge in [0.15, 0.2) is 4.87 Å². The van der Waals surface area contributed by atoms with Gasteiger partial charge in [-0.15, -0.1) is 23.2 Å². The Kier molecular flexibility index (Phi) is 6.60. The highest BCUT2D eigenvalue weighted by Crippen LogP contribution is 2.54. The van der Waals surface area contributed by atoms with E-state index in [1.807, 2.05) is 0 Å². The van der Waals surface area contributed by atoms with E-state index >= 15 is 0 Å². The first kappa shape index (κ1) is 19.4. The standard InChI is InChI=1S/C9H8Cl6O4/c1-2-3-4(10)7(11,5(16)17)8(12,6(18)19)9(13,14)15/h2-4H,1H3,(H,16,17)(H,18,19). The molecule has 0 heterocycles. The summed E-state index contributed by atoms with van der Waals surface area (Å²) in [7, 11) is 0. The van der Waals surface area contributed by atoms with E-state index in [0.717, 1.165) is 6.08 Å². The van der Waals surface area contributed by atoms with Crippen LogP contribution in [0.5, 0.6) is 0 Å². The van der Waals surface area contributed by atoms with Gasteiger partial charge in [0, 0.05) is 0 Å². The van der Waals surface area contributed by atoms with Gasteiger partial charge in [0.1, 0.15) is 0 Å². The van der Waals surface area contributed by atoms with Crippen molar-refractivity contribution >= 4 is 81.5 Å². The molecule has 3 atom stereocenters. The van der Waals surface area contributed by atoms with Crippen LogP contribution < -0.4 is 0 Å². The molecule has 0 aliphatic rings. The van der Waals surface area contributed by atoms with E-state index in [1.165, 1.54) is 13.0 Å². The van der Waals surface area contributed by atoms with Crippen molar-refractivity contribution in [2.24, 2.45) is 0 Å². The fourth-order valence-corrected chi connectivity index (χ4v) is 3.03. The van der Waals surface area contributed by atoms with Gasteiger partial charge in [-0.25, -0.2) is 0 Å². The molecule has 0 amide bonds. The first-order valence-electron chi connectivity index (χ1n) is 4.55. The summed E-state index contributed by atoms with van der Waals surface area (Å²) in [4.78, 5) is 16.9. The molecule has 0 saturated carbocycles. The topological polar surface area (TPSA) is 74.6 Å². The first-order valence-corrected chi connectivity index (χ1v) is 6.88. The molecule has 3 unspecified atom stereocenters. The minimum atomic E-state index is -3.00. The molecule has 0 aromatic rings. The van der Waals surface area contributed by atoms with Crippen LogP contribution in [0.1, 0.15) is 6.92 Å². The summed E-state index contributed by atoms with van der Waals surface area (Å²) in [5.74, 6) is -3.77. The van der Waals surface area contributed by atoms with Gasteiger partial charge in [0.25, 0.3) is 0 Å². The molecule has 110 valence electrons. The Morgan fingerprint density at radius 1 is 1.05 bits per heavy atom. The minimum absolute atomic E-state index is 1.12. The summed E-state index contributed by atoms with van der Waals surface area (Å²) in [5, 5.41) is 16.8. The van der Waals surface area contributed by atoms with Crippen molar-refractivity contribution in [3.8, 4) is 0 Å². The summed E-state index contributed by atoms with van der Waals surface area (Å²) in [6, 6.07) is 0. The van der Waals surface area contributed by atoms with Crippen LogP contribution in [0, 0.1) is 0 Å². The van der Waals surface area contributed by atoms with Crippen LogP contribution in [0.15, 0.2) is 12.2 Å². The van der Waals surface area contributed by atoms with Gasteiger partial charge >= 0.3 is 11.9 Å². The van der Waals surface area contributed by atoms with Crippen LogP contribution in [-0.2, 0) is 9.59 Å². The molecule has 0 saturated heterocycles. The molecule has 0 spiro atoms. The monoisotopic (exact) mass is 390 g/mol. The van der Waals surface area contributed by atoms with E-state index in [1.54, 1.807) is 0 Å². The van der Waals surface area contributed by atoms with E-state index in [9.17, 15) is 14.7 Å². The molecule has 0 aliphatic carbocycles. The predicted molar refractivity (Wildman–Crippen MR) is 77.2 cm³/mol. The number of alkyl halides is 6. The number of hydrogen-bond donors (Lipinski definition) is 2. The van der Waals surface area contributed by atoms with Gasteiger partial charge in [-0.3, -0.25) is 9.59 Å². The summed E-state index contributed by atoms with van der Waals surface area (Å²) >= 11 is 33.9. The van der Waals surface area contributed by atoms with Crippen molar-refractivity contribution in [1.29, 1.82) is 0 Å². The van der Waals surface area contributed by atoms with Crippen molar-refractivity contribution in [1.82, 2.24) is 0 Å². The van der Waals surface area contributed by atoms with Crippen molar-refractivity contribution in [3.05, 3.63) is 12.2 Å². The van der Waals surface area contributed by atoms with E-state index < -0.39 is 30.9 Å². The SMILES string of the molecule is CC=CC(Cl)C(Cl)(C(=O)O)C(Cl)(C(=O)O)C(Cl)(Cl)Cl. The Bertz CT molecular complexity index is 406. The number of aliphatic carboxylic acids is 2.